The number of hydrogen-bond acceptors (Lipinski definition) is 6. The minimum atomic E-state index is -0.918. The van der Waals surface area contributed by atoms with Gasteiger partial charge < -0.3 is 20.1 Å². The first-order valence-electron chi connectivity index (χ1n) is 10.8. The molecule has 0 radical (unpaired) electrons. The third-order valence-corrected chi connectivity index (χ3v) is 6.26. The minimum Gasteiger partial charge on any atom is -0.490 e. The smallest absolute Gasteiger partial charge is 0.328 e. The summed E-state index contributed by atoms with van der Waals surface area (Å²) < 4.78 is 7.74. The van der Waals surface area contributed by atoms with E-state index >= 15 is 0 Å². The molecular weight excluding hydrogens is 410 g/mol. The van der Waals surface area contributed by atoms with Crippen LogP contribution in [0.2, 0.25) is 0 Å². The van der Waals surface area contributed by atoms with E-state index in [2.05, 4.69) is 15.3 Å². The Morgan fingerprint density at radius 2 is 2.06 bits per heavy atom. The summed E-state index contributed by atoms with van der Waals surface area (Å²) in [6.45, 7) is 5.76. The first-order chi connectivity index (χ1) is 15.4. The zero-order chi connectivity index (χ0) is 22.4. The summed E-state index contributed by atoms with van der Waals surface area (Å²) in [6, 6.07) is 6.85. The van der Waals surface area contributed by atoms with E-state index in [0.29, 0.717) is 12.1 Å². The van der Waals surface area contributed by atoms with Crippen LogP contribution in [-0.2, 0) is 11.3 Å². The summed E-state index contributed by atoms with van der Waals surface area (Å²) in [5.41, 5.74) is 3.28. The molecule has 32 heavy (non-hydrogen) atoms. The maximum Gasteiger partial charge on any atom is 0.328 e. The van der Waals surface area contributed by atoms with Crippen molar-refractivity contribution in [3.8, 4) is 5.75 Å². The van der Waals surface area contributed by atoms with Crippen molar-refractivity contribution in [2.75, 3.05) is 18.0 Å². The van der Waals surface area contributed by atoms with E-state index in [0.717, 1.165) is 59.7 Å². The van der Waals surface area contributed by atoms with Crippen LogP contribution >= 0.6 is 0 Å². The van der Waals surface area contributed by atoms with Crippen molar-refractivity contribution < 1.29 is 19.4 Å². The fourth-order valence-corrected chi connectivity index (χ4v) is 4.45. The summed E-state index contributed by atoms with van der Waals surface area (Å²) in [4.78, 5) is 30.1. The highest BCUT2D eigenvalue weighted by Gasteiger charge is 2.27. The second-order valence-corrected chi connectivity index (χ2v) is 8.43. The number of aryl methyl sites for hydroxylation is 1. The molecular formula is C23H25N5O4. The van der Waals surface area contributed by atoms with Crippen molar-refractivity contribution in [3.05, 3.63) is 47.3 Å². The van der Waals surface area contributed by atoms with Gasteiger partial charge in [0.05, 0.1) is 29.5 Å². The number of piperidine rings is 1. The SMILES string of the molecule is Cc1cc2c(nc1N1CCC(Oc3ccc4c(cnn4C(C)C(=O)O)c3)CC1)CNC2=O. The monoisotopic (exact) mass is 435 g/mol. The Balaban J connectivity index is 1.25. The Morgan fingerprint density at radius 1 is 1.28 bits per heavy atom. The molecule has 0 spiro atoms. The number of rotatable bonds is 5. The molecule has 2 aliphatic heterocycles. The van der Waals surface area contributed by atoms with E-state index in [1.165, 1.54) is 4.68 Å². The second-order valence-electron chi connectivity index (χ2n) is 8.43. The van der Waals surface area contributed by atoms with E-state index in [9.17, 15) is 14.7 Å². The fourth-order valence-electron chi connectivity index (χ4n) is 4.45. The quantitative estimate of drug-likeness (QED) is 0.634. The van der Waals surface area contributed by atoms with Crippen molar-refractivity contribution in [2.45, 2.75) is 45.4 Å². The van der Waals surface area contributed by atoms with Crippen molar-refractivity contribution in [2.24, 2.45) is 0 Å². The van der Waals surface area contributed by atoms with Crippen molar-refractivity contribution >= 4 is 28.6 Å². The third kappa shape index (κ3) is 3.53. The summed E-state index contributed by atoms with van der Waals surface area (Å²) in [6.07, 6.45) is 3.49. The number of ether oxygens (including phenoxy) is 1. The normalized spacial score (nSPS) is 17.3. The average Bonchev–Trinajstić information content (AvgIpc) is 3.36. The van der Waals surface area contributed by atoms with Crippen LogP contribution in [0, 0.1) is 6.92 Å². The molecule has 1 saturated heterocycles. The van der Waals surface area contributed by atoms with Crippen molar-refractivity contribution in [3.63, 3.8) is 0 Å². The first-order valence-corrected chi connectivity index (χ1v) is 10.8. The number of benzene rings is 1. The van der Waals surface area contributed by atoms with Gasteiger partial charge >= 0.3 is 5.97 Å². The van der Waals surface area contributed by atoms with Gasteiger partial charge in [-0.25, -0.2) is 9.78 Å². The molecule has 2 N–H and O–H groups in total. The topological polar surface area (TPSA) is 110 Å². The Hall–Kier alpha value is -3.62. The van der Waals surface area contributed by atoms with Gasteiger partial charge in [0, 0.05) is 31.3 Å². The maximum atomic E-state index is 11.9. The van der Waals surface area contributed by atoms with Crippen LogP contribution in [-0.4, -0.2) is 50.9 Å². The molecule has 0 saturated carbocycles. The number of hydrogen-bond donors (Lipinski definition) is 2. The minimum absolute atomic E-state index is 0.0470. The Bertz CT molecular complexity index is 1210. The van der Waals surface area contributed by atoms with E-state index < -0.39 is 12.0 Å². The lowest BCUT2D eigenvalue weighted by atomic mass is 10.1. The highest BCUT2D eigenvalue weighted by molar-refractivity contribution is 5.98. The molecule has 5 rings (SSSR count). The number of carbonyl (C=O) groups is 2. The van der Waals surface area contributed by atoms with Gasteiger partial charge in [-0.2, -0.15) is 5.10 Å². The lowest BCUT2D eigenvalue weighted by Gasteiger charge is -2.34. The van der Waals surface area contributed by atoms with E-state index in [1.807, 2.05) is 31.2 Å². The summed E-state index contributed by atoms with van der Waals surface area (Å²) >= 11 is 0. The standard InChI is InChI=1S/C23H25N5O4/c1-13-9-18-19(12-24-22(18)29)26-21(13)27-7-5-16(6-8-27)32-17-3-4-20-15(10-17)11-25-28(20)14(2)23(30)31/h3-4,9-11,14,16H,5-8,12H2,1-2H3,(H,24,29)(H,30,31). The molecule has 166 valence electrons. The number of fused-ring (bicyclic) bond motifs is 2. The Morgan fingerprint density at radius 3 is 2.81 bits per heavy atom. The maximum absolute atomic E-state index is 11.9. The Kier molecular flexibility index (Phi) is 4.96. The Labute approximate surface area is 185 Å². The van der Waals surface area contributed by atoms with Gasteiger partial charge in [-0.15, -0.1) is 0 Å². The predicted octanol–water partition coefficient (Wildman–Crippen LogP) is 2.68. The molecule has 3 aromatic rings. The number of aliphatic carboxylic acids is 1. The van der Waals surface area contributed by atoms with Crippen molar-refractivity contribution in [1.82, 2.24) is 20.1 Å². The number of amides is 1. The molecule has 1 fully saturated rings. The van der Waals surface area contributed by atoms with Crippen LogP contribution in [0.5, 0.6) is 5.75 Å². The van der Waals surface area contributed by atoms with Gasteiger partial charge in [-0.3, -0.25) is 9.48 Å². The zero-order valence-electron chi connectivity index (χ0n) is 18.0. The zero-order valence-corrected chi connectivity index (χ0v) is 18.0. The molecule has 0 bridgehead atoms. The van der Waals surface area contributed by atoms with E-state index in [1.54, 1.807) is 13.1 Å². The first kappa shape index (κ1) is 20.3. The average molecular weight is 435 g/mol. The molecule has 2 aliphatic rings. The van der Waals surface area contributed by atoms with Crippen LogP contribution in [0.4, 0.5) is 5.82 Å². The summed E-state index contributed by atoms with van der Waals surface area (Å²) in [5.74, 6) is 0.738. The number of anilines is 1. The van der Waals surface area contributed by atoms with Crippen LogP contribution in [0.3, 0.4) is 0 Å². The van der Waals surface area contributed by atoms with Crippen molar-refractivity contribution in [1.29, 1.82) is 0 Å². The van der Waals surface area contributed by atoms with Gasteiger partial charge in [-0.1, -0.05) is 0 Å². The van der Waals surface area contributed by atoms with E-state index in [-0.39, 0.29) is 12.0 Å². The summed E-state index contributed by atoms with van der Waals surface area (Å²) in [5, 5.41) is 17.2. The number of pyridine rings is 1. The van der Waals surface area contributed by atoms with Gasteiger partial charge in [0.25, 0.3) is 5.91 Å². The van der Waals surface area contributed by atoms with Gasteiger partial charge in [0.1, 0.15) is 23.7 Å². The van der Waals surface area contributed by atoms with Gasteiger partial charge in [0.15, 0.2) is 0 Å². The molecule has 1 aromatic carbocycles. The molecule has 1 unspecified atom stereocenters. The molecule has 9 heteroatoms. The largest absolute Gasteiger partial charge is 0.490 e. The lowest BCUT2D eigenvalue weighted by Crippen LogP contribution is -2.39. The number of carbonyl (C=O) groups excluding carboxylic acids is 1. The molecule has 0 aliphatic carbocycles. The van der Waals surface area contributed by atoms with Crippen LogP contribution < -0.4 is 15.0 Å². The fraction of sp³-hybridized carbons (Fsp3) is 0.391. The third-order valence-electron chi connectivity index (χ3n) is 6.26. The molecule has 9 nitrogen and oxygen atoms in total. The summed E-state index contributed by atoms with van der Waals surface area (Å²) in [7, 11) is 0. The highest BCUT2D eigenvalue weighted by atomic mass is 16.5. The molecule has 1 amide bonds. The van der Waals surface area contributed by atoms with Gasteiger partial charge in [-0.05, 0) is 43.7 Å². The van der Waals surface area contributed by atoms with E-state index in [4.69, 9.17) is 9.72 Å². The highest BCUT2D eigenvalue weighted by Crippen LogP contribution is 2.29. The number of aromatic nitrogens is 3. The molecule has 1 atom stereocenters. The molecule has 4 heterocycles. The second kappa shape index (κ2) is 7.81. The number of nitrogens with one attached hydrogen (secondary N) is 1. The van der Waals surface area contributed by atoms with Crippen LogP contribution in [0.1, 0.15) is 47.4 Å². The lowest BCUT2D eigenvalue weighted by molar-refractivity contribution is -0.140. The predicted molar refractivity (Wildman–Crippen MR) is 118 cm³/mol. The van der Waals surface area contributed by atoms with Gasteiger partial charge in [0.2, 0.25) is 0 Å². The van der Waals surface area contributed by atoms with Crippen LogP contribution in [0.15, 0.2) is 30.5 Å². The van der Waals surface area contributed by atoms with Crippen LogP contribution in [0.25, 0.3) is 10.9 Å². The number of carboxylic acid groups (broad SMARTS) is 1. The number of carboxylic acids is 1. The number of nitrogens with zero attached hydrogens (tertiary/aromatic N) is 4. The molecule has 2 aromatic heterocycles.